The summed E-state index contributed by atoms with van der Waals surface area (Å²) < 4.78 is 7.57. The first-order chi connectivity index (χ1) is 10.2. The van der Waals surface area contributed by atoms with E-state index in [2.05, 4.69) is 28.1 Å². The molecule has 3 aromatic rings. The number of ether oxygens (including phenoxy) is 1. The highest BCUT2D eigenvalue weighted by molar-refractivity contribution is 9.10. The van der Waals surface area contributed by atoms with Crippen LogP contribution in [0.25, 0.3) is 10.1 Å². The van der Waals surface area contributed by atoms with Crippen LogP contribution in [-0.2, 0) is 6.42 Å². The van der Waals surface area contributed by atoms with E-state index in [1.165, 1.54) is 4.70 Å². The predicted molar refractivity (Wildman–Crippen MR) is 91.2 cm³/mol. The van der Waals surface area contributed by atoms with Gasteiger partial charge in [0.25, 0.3) is 0 Å². The maximum atomic E-state index is 10.6. The van der Waals surface area contributed by atoms with Crippen molar-refractivity contribution in [2.75, 3.05) is 7.11 Å². The number of benzene rings is 2. The van der Waals surface area contributed by atoms with Crippen LogP contribution in [0, 0.1) is 0 Å². The fourth-order valence-corrected chi connectivity index (χ4v) is 3.90. The van der Waals surface area contributed by atoms with E-state index in [4.69, 9.17) is 4.74 Å². The van der Waals surface area contributed by atoms with Crippen molar-refractivity contribution in [2.24, 2.45) is 0 Å². The minimum atomic E-state index is -0.538. The van der Waals surface area contributed by atoms with Crippen LogP contribution in [0.5, 0.6) is 5.75 Å². The van der Waals surface area contributed by atoms with Crippen molar-refractivity contribution >= 4 is 37.4 Å². The van der Waals surface area contributed by atoms with Crippen LogP contribution in [0.2, 0.25) is 0 Å². The van der Waals surface area contributed by atoms with Gasteiger partial charge in [0.15, 0.2) is 0 Å². The highest BCUT2D eigenvalue weighted by Crippen LogP contribution is 2.34. The van der Waals surface area contributed by atoms with Gasteiger partial charge in [-0.1, -0.05) is 34.1 Å². The summed E-state index contributed by atoms with van der Waals surface area (Å²) in [4.78, 5) is 0. The molecule has 1 N–H and O–H groups in total. The third-order valence-corrected chi connectivity index (χ3v) is 5.00. The Morgan fingerprint density at radius 3 is 2.86 bits per heavy atom. The van der Waals surface area contributed by atoms with Gasteiger partial charge in [0, 0.05) is 15.6 Å². The maximum absolute atomic E-state index is 10.6. The summed E-state index contributed by atoms with van der Waals surface area (Å²) in [6.07, 6.45) is -0.00655. The SMILES string of the molecule is COc1ccc(Br)cc1CC(O)c1csc2ccccc12. The standard InChI is InChI=1S/C17H15BrO2S/c1-20-16-7-6-12(18)8-11(16)9-15(19)14-10-21-17-5-3-2-4-13(14)17/h2-8,10,15,19H,9H2,1H3. The number of hydrogen-bond acceptors (Lipinski definition) is 3. The number of aliphatic hydroxyl groups excluding tert-OH is 1. The summed E-state index contributed by atoms with van der Waals surface area (Å²) >= 11 is 5.13. The molecular formula is C17H15BrO2S. The third kappa shape index (κ3) is 2.98. The van der Waals surface area contributed by atoms with E-state index in [9.17, 15) is 5.11 Å². The van der Waals surface area contributed by atoms with Crippen molar-refractivity contribution in [2.45, 2.75) is 12.5 Å². The zero-order chi connectivity index (χ0) is 14.8. The Balaban J connectivity index is 1.93. The van der Waals surface area contributed by atoms with Gasteiger partial charge in [-0.2, -0.15) is 0 Å². The molecule has 2 aromatic carbocycles. The number of methoxy groups -OCH3 is 1. The lowest BCUT2D eigenvalue weighted by molar-refractivity contribution is 0.179. The Bertz CT molecular complexity index is 766. The van der Waals surface area contributed by atoms with Crippen LogP contribution >= 0.6 is 27.3 Å². The second-order valence-corrected chi connectivity index (χ2v) is 6.69. The van der Waals surface area contributed by atoms with Gasteiger partial charge in [0.2, 0.25) is 0 Å². The largest absolute Gasteiger partial charge is 0.496 e. The molecule has 1 aromatic heterocycles. The molecule has 0 aliphatic carbocycles. The van der Waals surface area contributed by atoms with E-state index in [1.54, 1.807) is 18.4 Å². The topological polar surface area (TPSA) is 29.5 Å². The van der Waals surface area contributed by atoms with Crippen LogP contribution in [0.3, 0.4) is 0 Å². The van der Waals surface area contributed by atoms with Crippen molar-refractivity contribution < 1.29 is 9.84 Å². The van der Waals surface area contributed by atoms with Gasteiger partial charge in [-0.25, -0.2) is 0 Å². The average Bonchev–Trinajstić information content (AvgIpc) is 2.91. The van der Waals surface area contributed by atoms with Crippen molar-refractivity contribution in [3.8, 4) is 5.75 Å². The summed E-state index contributed by atoms with van der Waals surface area (Å²) in [7, 11) is 1.65. The minimum Gasteiger partial charge on any atom is -0.496 e. The Kier molecular flexibility index (Phi) is 4.29. The zero-order valence-corrected chi connectivity index (χ0v) is 13.9. The zero-order valence-electron chi connectivity index (χ0n) is 11.5. The molecule has 4 heteroatoms. The highest BCUT2D eigenvalue weighted by atomic mass is 79.9. The minimum absolute atomic E-state index is 0.531. The Morgan fingerprint density at radius 2 is 2.05 bits per heavy atom. The molecule has 21 heavy (non-hydrogen) atoms. The Morgan fingerprint density at radius 1 is 1.24 bits per heavy atom. The van der Waals surface area contributed by atoms with E-state index in [1.807, 2.05) is 35.7 Å². The molecule has 0 bridgehead atoms. The summed E-state index contributed by atoms with van der Waals surface area (Å²) in [5, 5.41) is 13.8. The predicted octanol–water partition coefficient (Wildman–Crippen LogP) is 4.95. The summed E-state index contributed by atoms with van der Waals surface area (Å²) in [6, 6.07) is 14.0. The summed E-state index contributed by atoms with van der Waals surface area (Å²) in [5.41, 5.74) is 1.98. The fraction of sp³-hybridized carbons (Fsp3) is 0.176. The van der Waals surface area contributed by atoms with Crippen LogP contribution in [0.1, 0.15) is 17.2 Å². The van der Waals surface area contributed by atoms with Crippen LogP contribution in [0.15, 0.2) is 52.3 Å². The molecule has 108 valence electrons. The van der Waals surface area contributed by atoms with E-state index < -0.39 is 6.10 Å². The first-order valence-electron chi connectivity index (χ1n) is 6.65. The Labute approximate surface area is 136 Å². The van der Waals surface area contributed by atoms with Crippen LogP contribution < -0.4 is 4.74 Å². The van der Waals surface area contributed by atoms with Crippen molar-refractivity contribution in [3.63, 3.8) is 0 Å². The van der Waals surface area contributed by atoms with Crippen molar-refractivity contribution in [1.82, 2.24) is 0 Å². The molecule has 0 amide bonds. The summed E-state index contributed by atoms with van der Waals surface area (Å²) in [6.45, 7) is 0. The lowest BCUT2D eigenvalue weighted by Gasteiger charge is -2.13. The van der Waals surface area contributed by atoms with Crippen LogP contribution in [-0.4, -0.2) is 12.2 Å². The first kappa shape index (κ1) is 14.6. The van der Waals surface area contributed by atoms with Gasteiger partial charge in [-0.3, -0.25) is 0 Å². The molecular weight excluding hydrogens is 348 g/mol. The van der Waals surface area contributed by atoms with E-state index in [0.29, 0.717) is 6.42 Å². The van der Waals surface area contributed by atoms with Gasteiger partial charge in [-0.15, -0.1) is 11.3 Å². The molecule has 0 saturated carbocycles. The normalized spacial score (nSPS) is 12.5. The van der Waals surface area contributed by atoms with Gasteiger partial charge in [0.1, 0.15) is 5.75 Å². The average molecular weight is 363 g/mol. The summed E-state index contributed by atoms with van der Waals surface area (Å²) in [5.74, 6) is 0.803. The molecule has 1 atom stereocenters. The third-order valence-electron chi connectivity index (χ3n) is 3.53. The molecule has 1 heterocycles. The number of thiophene rings is 1. The van der Waals surface area contributed by atoms with Crippen molar-refractivity contribution in [3.05, 3.63) is 63.4 Å². The number of aliphatic hydroxyl groups is 1. The first-order valence-corrected chi connectivity index (χ1v) is 8.33. The maximum Gasteiger partial charge on any atom is 0.122 e. The van der Waals surface area contributed by atoms with Gasteiger partial charge in [-0.05, 0) is 46.2 Å². The van der Waals surface area contributed by atoms with E-state index in [0.717, 1.165) is 26.7 Å². The molecule has 0 aliphatic heterocycles. The lowest BCUT2D eigenvalue weighted by Crippen LogP contribution is -2.03. The van der Waals surface area contributed by atoms with Crippen molar-refractivity contribution in [1.29, 1.82) is 0 Å². The smallest absolute Gasteiger partial charge is 0.122 e. The second-order valence-electron chi connectivity index (χ2n) is 4.86. The molecule has 0 radical (unpaired) electrons. The van der Waals surface area contributed by atoms with E-state index >= 15 is 0 Å². The van der Waals surface area contributed by atoms with Gasteiger partial charge >= 0.3 is 0 Å². The Hall–Kier alpha value is -1.36. The molecule has 2 nitrogen and oxygen atoms in total. The highest BCUT2D eigenvalue weighted by Gasteiger charge is 2.16. The molecule has 0 saturated heterocycles. The number of rotatable bonds is 4. The molecule has 0 spiro atoms. The van der Waals surface area contributed by atoms with Gasteiger partial charge < -0.3 is 9.84 Å². The monoisotopic (exact) mass is 362 g/mol. The number of fused-ring (bicyclic) bond motifs is 1. The molecule has 1 unspecified atom stereocenters. The van der Waals surface area contributed by atoms with E-state index in [-0.39, 0.29) is 0 Å². The molecule has 3 rings (SSSR count). The quantitative estimate of drug-likeness (QED) is 0.711. The number of halogens is 1. The number of hydrogen-bond donors (Lipinski definition) is 1. The van der Waals surface area contributed by atoms with Gasteiger partial charge in [0.05, 0.1) is 13.2 Å². The molecule has 0 fully saturated rings. The van der Waals surface area contributed by atoms with Crippen LogP contribution in [0.4, 0.5) is 0 Å². The molecule has 0 aliphatic rings. The second kappa shape index (κ2) is 6.18. The fourth-order valence-electron chi connectivity index (χ4n) is 2.48. The lowest BCUT2D eigenvalue weighted by atomic mass is 10.0.